The number of anilines is 1. The average molecular weight is 255 g/mol. The third-order valence-corrected chi connectivity index (χ3v) is 2.93. The number of amides is 1. The first-order chi connectivity index (χ1) is 9.24. The fourth-order valence-corrected chi connectivity index (χ4v) is 1.96. The van der Waals surface area contributed by atoms with Crippen LogP contribution in [0.3, 0.4) is 0 Å². The van der Waals surface area contributed by atoms with E-state index >= 15 is 0 Å². The van der Waals surface area contributed by atoms with Crippen molar-refractivity contribution in [1.29, 1.82) is 0 Å². The predicted molar refractivity (Wildman–Crippen MR) is 75.2 cm³/mol. The van der Waals surface area contributed by atoms with Crippen molar-refractivity contribution in [3.63, 3.8) is 0 Å². The van der Waals surface area contributed by atoms with Gasteiger partial charge in [-0.15, -0.1) is 0 Å². The third kappa shape index (κ3) is 2.96. The number of nitrogens with zero attached hydrogens (tertiary/aromatic N) is 3. The number of hydrogen-bond donors (Lipinski definition) is 0. The van der Waals surface area contributed by atoms with Gasteiger partial charge in [-0.2, -0.15) is 0 Å². The number of carbonyl (C=O) groups excluding carboxylic acids is 1. The number of hydrogen-bond acceptors (Lipinski definition) is 3. The molecule has 4 nitrogen and oxygen atoms in total. The Labute approximate surface area is 113 Å². The Morgan fingerprint density at radius 3 is 2.53 bits per heavy atom. The molecule has 0 saturated heterocycles. The van der Waals surface area contributed by atoms with E-state index in [1.165, 1.54) is 6.33 Å². The second-order valence-corrected chi connectivity index (χ2v) is 4.37. The van der Waals surface area contributed by atoms with Gasteiger partial charge in [-0.25, -0.2) is 9.97 Å². The van der Waals surface area contributed by atoms with Crippen LogP contribution in [0.2, 0.25) is 0 Å². The first kappa shape index (κ1) is 13.2. The van der Waals surface area contributed by atoms with Gasteiger partial charge in [0.05, 0.1) is 18.1 Å². The fourth-order valence-electron chi connectivity index (χ4n) is 1.96. The van der Waals surface area contributed by atoms with E-state index in [1.54, 1.807) is 17.3 Å². The van der Waals surface area contributed by atoms with E-state index in [1.807, 2.05) is 38.1 Å². The Morgan fingerprint density at radius 1 is 1.21 bits per heavy atom. The standard InChI is InChI=1S/C15H17N3O/c1-3-8-18(13-9-16-11-17-10-13)15(19)14-7-5-4-6-12(14)2/h4-7,9-11H,3,8H2,1-2H3. The van der Waals surface area contributed by atoms with Gasteiger partial charge in [0.2, 0.25) is 0 Å². The zero-order valence-corrected chi connectivity index (χ0v) is 11.2. The molecule has 98 valence electrons. The molecule has 0 aliphatic rings. The van der Waals surface area contributed by atoms with Gasteiger partial charge < -0.3 is 4.90 Å². The van der Waals surface area contributed by atoms with Crippen LogP contribution in [0.25, 0.3) is 0 Å². The minimum atomic E-state index is -0.00486. The number of rotatable bonds is 4. The molecular formula is C15H17N3O. The molecule has 0 N–H and O–H groups in total. The van der Waals surface area contributed by atoms with Crippen molar-refractivity contribution < 1.29 is 4.79 Å². The summed E-state index contributed by atoms with van der Waals surface area (Å²) in [5.74, 6) is -0.00486. The largest absolute Gasteiger partial charge is 0.305 e. The van der Waals surface area contributed by atoms with Crippen molar-refractivity contribution in [3.05, 3.63) is 54.1 Å². The van der Waals surface area contributed by atoms with E-state index in [9.17, 15) is 4.79 Å². The quantitative estimate of drug-likeness (QED) is 0.844. The molecule has 0 atom stereocenters. The second-order valence-electron chi connectivity index (χ2n) is 4.37. The molecular weight excluding hydrogens is 238 g/mol. The van der Waals surface area contributed by atoms with Crippen molar-refractivity contribution in [2.45, 2.75) is 20.3 Å². The summed E-state index contributed by atoms with van der Waals surface area (Å²) in [6.45, 7) is 4.64. The highest BCUT2D eigenvalue weighted by Crippen LogP contribution is 2.17. The lowest BCUT2D eigenvalue weighted by Crippen LogP contribution is -2.32. The highest BCUT2D eigenvalue weighted by Gasteiger charge is 2.18. The molecule has 1 heterocycles. The Balaban J connectivity index is 2.35. The van der Waals surface area contributed by atoms with Gasteiger partial charge >= 0.3 is 0 Å². The lowest BCUT2D eigenvalue weighted by atomic mass is 10.1. The van der Waals surface area contributed by atoms with Crippen LogP contribution in [-0.4, -0.2) is 22.4 Å². The molecule has 2 rings (SSSR count). The minimum Gasteiger partial charge on any atom is -0.305 e. The van der Waals surface area contributed by atoms with Crippen molar-refractivity contribution >= 4 is 11.6 Å². The van der Waals surface area contributed by atoms with Crippen LogP contribution in [0.1, 0.15) is 29.3 Å². The maximum atomic E-state index is 12.6. The first-order valence-corrected chi connectivity index (χ1v) is 6.36. The van der Waals surface area contributed by atoms with Gasteiger partial charge in [0.15, 0.2) is 0 Å². The predicted octanol–water partition coefficient (Wildman–Crippen LogP) is 2.84. The molecule has 0 aliphatic carbocycles. The SMILES string of the molecule is CCCN(C(=O)c1ccccc1C)c1cncnc1. The van der Waals surface area contributed by atoms with Crippen LogP contribution in [-0.2, 0) is 0 Å². The average Bonchev–Trinajstić information content (AvgIpc) is 2.45. The Morgan fingerprint density at radius 2 is 1.89 bits per heavy atom. The topological polar surface area (TPSA) is 46.1 Å². The fraction of sp³-hybridized carbons (Fsp3) is 0.267. The monoisotopic (exact) mass is 255 g/mol. The summed E-state index contributed by atoms with van der Waals surface area (Å²) in [6.07, 6.45) is 5.68. The van der Waals surface area contributed by atoms with E-state index in [4.69, 9.17) is 0 Å². The highest BCUT2D eigenvalue weighted by molar-refractivity contribution is 6.06. The molecule has 0 radical (unpaired) electrons. The zero-order valence-electron chi connectivity index (χ0n) is 11.2. The van der Waals surface area contributed by atoms with Crippen LogP contribution in [0.15, 0.2) is 43.0 Å². The van der Waals surface area contributed by atoms with Gasteiger partial charge in [0.25, 0.3) is 5.91 Å². The maximum absolute atomic E-state index is 12.6. The van der Waals surface area contributed by atoms with E-state index < -0.39 is 0 Å². The van der Waals surface area contributed by atoms with E-state index in [0.717, 1.165) is 23.2 Å². The van der Waals surface area contributed by atoms with Crippen LogP contribution in [0.5, 0.6) is 0 Å². The number of carbonyl (C=O) groups is 1. The lowest BCUT2D eigenvalue weighted by Gasteiger charge is -2.22. The Kier molecular flexibility index (Phi) is 4.23. The highest BCUT2D eigenvalue weighted by atomic mass is 16.2. The van der Waals surface area contributed by atoms with Crippen LogP contribution >= 0.6 is 0 Å². The summed E-state index contributed by atoms with van der Waals surface area (Å²) in [7, 11) is 0. The Bertz CT molecular complexity index is 554. The third-order valence-electron chi connectivity index (χ3n) is 2.93. The molecule has 0 unspecified atom stereocenters. The number of aryl methyl sites for hydroxylation is 1. The smallest absolute Gasteiger partial charge is 0.258 e. The second kappa shape index (κ2) is 6.09. The molecule has 2 aromatic rings. The molecule has 1 aromatic carbocycles. The van der Waals surface area contributed by atoms with E-state index in [0.29, 0.717) is 6.54 Å². The molecule has 0 fully saturated rings. The zero-order chi connectivity index (χ0) is 13.7. The summed E-state index contributed by atoms with van der Waals surface area (Å²) >= 11 is 0. The van der Waals surface area contributed by atoms with Crippen molar-refractivity contribution in [1.82, 2.24) is 9.97 Å². The van der Waals surface area contributed by atoms with Gasteiger partial charge in [-0.1, -0.05) is 25.1 Å². The van der Waals surface area contributed by atoms with Crippen LogP contribution < -0.4 is 4.90 Å². The summed E-state index contributed by atoms with van der Waals surface area (Å²) in [6, 6.07) is 7.61. The Hall–Kier alpha value is -2.23. The summed E-state index contributed by atoms with van der Waals surface area (Å²) < 4.78 is 0. The summed E-state index contributed by atoms with van der Waals surface area (Å²) in [5.41, 5.74) is 2.43. The minimum absolute atomic E-state index is 0.00486. The molecule has 0 aliphatic heterocycles. The molecule has 0 spiro atoms. The lowest BCUT2D eigenvalue weighted by molar-refractivity contribution is 0.0986. The van der Waals surface area contributed by atoms with Gasteiger partial charge in [0.1, 0.15) is 6.33 Å². The summed E-state index contributed by atoms with van der Waals surface area (Å²) in [4.78, 5) is 22.3. The van der Waals surface area contributed by atoms with E-state index in [-0.39, 0.29) is 5.91 Å². The number of benzene rings is 1. The summed E-state index contributed by atoms with van der Waals surface area (Å²) in [5, 5.41) is 0. The van der Waals surface area contributed by atoms with Crippen LogP contribution in [0.4, 0.5) is 5.69 Å². The van der Waals surface area contributed by atoms with Gasteiger partial charge in [-0.05, 0) is 25.0 Å². The normalized spacial score (nSPS) is 10.2. The maximum Gasteiger partial charge on any atom is 0.258 e. The van der Waals surface area contributed by atoms with Crippen molar-refractivity contribution in [2.24, 2.45) is 0 Å². The van der Waals surface area contributed by atoms with E-state index in [2.05, 4.69) is 9.97 Å². The number of aromatic nitrogens is 2. The van der Waals surface area contributed by atoms with Crippen LogP contribution in [0, 0.1) is 6.92 Å². The molecule has 1 amide bonds. The molecule has 0 bridgehead atoms. The van der Waals surface area contributed by atoms with Crippen molar-refractivity contribution in [2.75, 3.05) is 11.4 Å². The van der Waals surface area contributed by atoms with Gasteiger partial charge in [-0.3, -0.25) is 4.79 Å². The molecule has 19 heavy (non-hydrogen) atoms. The first-order valence-electron chi connectivity index (χ1n) is 6.36. The van der Waals surface area contributed by atoms with Crippen molar-refractivity contribution in [3.8, 4) is 0 Å². The van der Waals surface area contributed by atoms with Gasteiger partial charge in [0, 0.05) is 12.1 Å². The molecule has 4 heteroatoms. The molecule has 1 aromatic heterocycles. The molecule has 0 saturated carbocycles.